The number of alkyl halides is 2. The third kappa shape index (κ3) is 1.54. The van der Waals surface area contributed by atoms with Gasteiger partial charge in [0.2, 0.25) is 0 Å². The van der Waals surface area contributed by atoms with Crippen molar-refractivity contribution in [1.29, 1.82) is 0 Å². The highest BCUT2D eigenvalue weighted by Crippen LogP contribution is 2.61. The summed E-state index contributed by atoms with van der Waals surface area (Å²) in [7, 11) is 0. The molecule has 0 spiro atoms. The lowest BCUT2D eigenvalue weighted by atomic mass is 10.0. The molecule has 1 heterocycles. The van der Waals surface area contributed by atoms with Crippen molar-refractivity contribution in [2.75, 3.05) is 0 Å². The lowest BCUT2D eigenvalue weighted by Gasteiger charge is -2.06. The molecule has 1 fully saturated rings. The molecule has 0 saturated heterocycles. The first-order valence-electron chi connectivity index (χ1n) is 5.57. The van der Waals surface area contributed by atoms with Gasteiger partial charge in [-0.3, -0.25) is 4.79 Å². The number of carboxylic acids is 1. The summed E-state index contributed by atoms with van der Waals surface area (Å²) in [5, 5.41) is 16.3. The SMILES string of the molecule is O=C(O)C1(c2cn(-c3ccccc3)nn2)CC1(F)F. The molecule has 1 unspecified atom stereocenters. The first-order valence-corrected chi connectivity index (χ1v) is 5.57. The number of nitrogens with zero attached hydrogens (tertiary/aromatic N) is 3. The molecule has 1 saturated carbocycles. The van der Waals surface area contributed by atoms with E-state index in [0.29, 0.717) is 5.69 Å². The zero-order chi connectivity index (χ0) is 13.7. The van der Waals surface area contributed by atoms with Gasteiger partial charge in [0.1, 0.15) is 5.69 Å². The van der Waals surface area contributed by atoms with Crippen LogP contribution < -0.4 is 0 Å². The third-order valence-corrected chi connectivity index (χ3v) is 3.30. The van der Waals surface area contributed by atoms with Crippen LogP contribution in [0.15, 0.2) is 36.5 Å². The Labute approximate surface area is 106 Å². The highest BCUT2D eigenvalue weighted by atomic mass is 19.3. The average molecular weight is 265 g/mol. The van der Waals surface area contributed by atoms with Crippen molar-refractivity contribution >= 4 is 5.97 Å². The first kappa shape index (κ1) is 11.8. The molecule has 0 amide bonds. The van der Waals surface area contributed by atoms with Gasteiger partial charge in [-0.15, -0.1) is 5.10 Å². The Morgan fingerprint density at radius 3 is 2.47 bits per heavy atom. The van der Waals surface area contributed by atoms with Crippen LogP contribution in [-0.4, -0.2) is 32.0 Å². The number of aromatic nitrogens is 3. The molecular weight excluding hydrogens is 256 g/mol. The van der Waals surface area contributed by atoms with Gasteiger partial charge in [0.05, 0.1) is 11.9 Å². The van der Waals surface area contributed by atoms with E-state index in [9.17, 15) is 13.6 Å². The summed E-state index contributed by atoms with van der Waals surface area (Å²) >= 11 is 0. The third-order valence-electron chi connectivity index (χ3n) is 3.30. The Morgan fingerprint density at radius 1 is 1.32 bits per heavy atom. The van der Waals surface area contributed by atoms with Gasteiger partial charge in [0.25, 0.3) is 5.92 Å². The number of halogens is 2. The molecule has 1 aliphatic rings. The van der Waals surface area contributed by atoms with Gasteiger partial charge in [0.15, 0.2) is 5.41 Å². The Hall–Kier alpha value is -2.31. The van der Waals surface area contributed by atoms with Crippen LogP contribution in [0.25, 0.3) is 5.69 Å². The molecule has 0 bridgehead atoms. The number of benzene rings is 1. The smallest absolute Gasteiger partial charge is 0.322 e. The van der Waals surface area contributed by atoms with E-state index in [2.05, 4.69) is 10.3 Å². The largest absolute Gasteiger partial charge is 0.480 e. The number of hydrogen-bond donors (Lipinski definition) is 1. The fourth-order valence-corrected chi connectivity index (χ4v) is 2.07. The van der Waals surface area contributed by atoms with E-state index in [4.69, 9.17) is 5.11 Å². The van der Waals surface area contributed by atoms with Gasteiger partial charge in [-0.25, -0.2) is 13.5 Å². The van der Waals surface area contributed by atoms with Crippen molar-refractivity contribution in [3.8, 4) is 5.69 Å². The molecular formula is C12H9F2N3O2. The fraction of sp³-hybridized carbons (Fsp3) is 0.250. The number of para-hydroxylation sites is 1. The van der Waals surface area contributed by atoms with Crippen LogP contribution in [0.1, 0.15) is 12.1 Å². The van der Waals surface area contributed by atoms with E-state index in [1.54, 1.807) is 30.3 Å². The van der Waals surface area contributed by atoms with Crippen molar-refractivity contribution in [2.45, 2.75) is 17.8 Å². The van der Waals surface area contributed by atoms with E-state index in [1.165, 1.54) is 10.9 Å². The zero-order valence-electron chi connectivity index (χ0n) is 9.62. The van der Waals surface area contributed by atoms with E-state index >= 15 is 0 Å². The minimum absolute atomic E-state index is 0.214. The number of rotatable bonds is 3. The lowest BCUT2D eigenvalue weighted by Crippen LogP contribution is -2.27. The van der Waals surface area contributed by atoms with Gasteiger partial charge in [0, 0.05) is 6.42 Å². The van der Waals surface area contributed by atoms with Crippen LogP contribution in [0.2, 0.25) is 0 Å². The lowest BCUT2D eigenvalue weighted by molar-refractivity contribution is -0.143. The number of carboxylic acid groups (broad SMARTS) is 1. The van der Waals surface area contributed by atoms with Crippen molar-refractivity contribution in [3.63, 3.8) is 0 Å². The number of carbonyl (C=O) groups is 1. The molecule has 1 aromatic carbocycles. The van der Waals surface area contributed by atoms with Gasteiger partial charge in [-0.2, -0.15) is 0 Å². The molecule has 7 heteroatoms. The van der Waals surface area contributed by atoms with Crippen LogP contribution in [0.5, 0.6) is 0 Å². The normalized spacial score (nSPS) is 24.1. The van der Waals surface area contributed by atoms with Crippen molar-refractivity contribution in [1.82, 2.24) is 15.0 Å². The van der Waals surface area contributed by atoms with Crippen molar-refractivity contribution in [2.24, 2.45) is 0 Å². The second-order valence-corrected chi connectivity index (χ2v) is 4.48. The molecule has 19 heavy (non-hydrogen) atoms. The predicted molar refractivity (Wildman–Crippen MR) is 60.2 cm³/mol. The molecule has 1 aromatic heterocycles. The van der Waals surface area contributed by atoms with E-state index in [0.717, 1.165) is 0 Å². The van der Waals surface area contributed by atoms with Gasteiger partial charge >= 0.3 is 5.97 Å². The van der Waals surface area contributed by atoms with Crippen LogP contribution in [0.3, 0.4) is 0 Å². The van der Waals surface area contributed by atoms with Crippen LogP contribution in [-0.2, 0) is 10.2 Å². The van der Waals surface area contributed by atoms with E-state index in [1.807, 2.05) is 0 Å². The second kappa shape index (κ2) is 3.59. The minimum atomic E-state index is -3.27. The van der Waals surface area contributed by atoms with Gasteiger partial charge in [-0.05, 0) is 12.1 Å². The molecule has 5 nitrogen and oxygen atoms in total. The van der Waals surface area contributed by atoms with Gasteiger partial charge in [-0.1, -0.05) is 23.4 Å². The van der Waals surface area contributed by atoms with Crippen molar-refractivity contribution in [3.05, 3.63) is 42.2 Å². The molecule has 1 atom stereocenters. The Bertz CT molecular complexity index is 641. The Kier molecular flexibility index (Phi) is 2.23. The Balaban J connectivity index is 2.01. The maximum Gasteiger partial charge on any atom is 0.322 e. The molecule has 1 N–H and O–H groups in total. The standard InChI is InChI=1S/C12H9F2N3O2/c13-12(14)7-11(12,10(18)19)9-6-17(16-15-9)8-4-2-1-3-5-8/h1-6H,7H2,(H,18,19). The van der Waals surface area contributed by atoms with E-state index < -0.39 is 23.7 Å². The predicted octanol–water partition coefficient (Wildman–Crippen LogP) is 1.63. The molecule has 0 aliphatic heterocycles. The zero-order valence-corrected chi connectivity index (χ0v) is 9.62. The highest BCUT2D eigenvalue weighted by Gasteiger charge is 2.79. The van der Waals surface area contributed by atoms with Gasteiger partial charge < -0.3 is 5.11 Å². The maximum atomic E-state index is 13.3. The maximum absolute atomic E-state index is 13.3. The molecule has 2 aromatic rings. The first-order chi connectivity index (χ1) is 8.97. The average Bonchev–Trinajstić information content (AvgIpc) is 2.77. The molecule has 1 aliphatic carbocycles. The topological polar surface area (TPSA) is 68.0 Å². The number of hydrogen-bond acceptors (Lipinski definition) is 3. The molecule has 0 radical (unpaired) electrons. The van der Waals surface area contributed by atoms with Crippen molar-refractivity contribution < 1.29 is 18.7 Å². The number of aliphatic carboxylic acids is 1. The monoisotopic (exact) mass is 265 g/mol. The second-order valence-electron chi connectivity index (χ2n) is 4.48. The summed E-state index contributed by atoms with van der Waals surface area (Å²) in [5.41, 5.74) is -1.81. The minimum Gasteiger partial charge on any atom is -0.480 e. The van der Waals surface area contributed by atoms with Crippen LogP contribution >= 0.6 is 0 Å². The summed E-state index contributed by atoms with van der Waals surface area (Å²) in [4.78, 5) is 11.1. The summed E-state index contributed by atoms with van der Waals surface area (Å²) in [6.45, 7) is 0. The molecule has 98 valence electrons. The summed E-state index contributed by atoms with van der Waals surface area (Å²) < 4.78 is 28.0. The molecule has 3 rings (SSSR count). The summed E-state index contributed by atoms with van der Waals surface area (Å²) in [6.07, 6.45) is 0.507. The van der Waals surface area contributed by atoms with Crippen LogP contribution in [0.4, 0.5) is 8.78 Å². The van der Waals surface area contributed by atoms with Crippen LogP contribution in [0, 0.1) is 0 Å². The fourth-order valence-electron chi connectivity index (χ4n) is 2.07. The quantitative estimate of drug-likeness (QED) is 0.915. The Morgan fingerprint density at radius 2 is 1.95 bits per heavy atom. The summed E-state index contributed by atoms with van der Waals surface area (Å²) in [6, 6.07) is 8.76. The highest BCUT2D eigenvalue weighted by molar-refractivity contribution is 5.87. The summed E-state index contributed by atoms with van der Waals surface area (Å²) in [5.74, 6) is -4.84. The van der Waals surface area contributed by atoms with E-state index in [-0.39, 0.29) is 5.69 Å².